The SMILES string of the molecule is CC(C)c1c(-c2cccnc2)o[nH]c1=O. The summed E-state index contributed by atoms with van der Waals surface area (Å²) in [6, 6.07) is 3.68. The molecular formula is C11H12N2O2. The van der Waals surface area contributed by atoms with Gasteiger partial charge in [0.05, 0.1) is 5.56 Å². The lowest BCUT2D eigenvalue weighted by Gasteiger charge is -2.02. The Bertz CT molecular complexity index is 497. The highest BCUT2D eigenvalue weighted by Gasteiger charge is 2.17. The average molecular weight is 204 g/mol. The van der Waals surface area contributed by atoms with Gasteiger partial charge in [-0.3, -0.25) is 9.78 Å². The minimum Gasteiger partial charge on any atom is -0.378 e. The van der Waals surface area contributed by atoms with E-state index in [9.17, 15) is 4.79 Å². The van der Waals surface area contributed by atoms with Crippen molar-refractivity contribution in [3.05, 3.63) is 40.4 Å². The Hall–Kier alpha value is -1.84. The van der Waals surface area contributed by atoms with E-state index in [0.717, 1.165) is 5.56 Å². The number of nitrogens with zero attached hydrogens (tertiary/aromatic N) is 1. The van der Waals surface area contributed by atoms with Crippen LogP contribution in [0.4, 0.5) is 0 Å². The van der Waals surface area contributed by atoms with Gasteiger partial charge in [0, 0.05) is 18.0 Å². The lowest BCUT2D eigenvalue weighted by Crippen LogP contribution is -2.07. The highest BCUT2D eigenvalue weighted by Crippen LogP contribution is 2.25. The number of hydrogen-bond acceptors (Lipinski definition) is 3. The molecule has 0 atom stereocenters. The van der Waals surface area contributed by atoms with Crippen molar-refractivity contribution in [2.45, 2.75) is 19.8 Å². The van der Waals surface area contributed by atoms with Gasteiger partial charge in [0.2, 0.25) is 0 Å². The lowest BCUT2D eigenvalue weighted by atomic mass is 10.0. The molecule has 0 spiro atoms. The van der Waals surface area contributed by atoms with Gasteiger partial charge < -0.3 is 4.52 Å². The van der Waals surface area contributed by atoms with E-state index in [-0.39, 0.29) is 11.5 Å². The number of aromatic amines is 1. The average Bonchev–Trinajstić information content (AvgIpc) is 2.61. The van der Waals surface area contributed by atoms with Gasteiger partial charge >= 0.3 is 0 Å². The van der Waals surface area contributed by atoms with E-state index in [4.69, 9.17) is 4.52 Å². The summed E-state index contributed by atoms with van der Waals surface area (Å²) >= 11 is 0. The Balaban J connectivity index is 2.59. The molecule has 0 aliphatic heterocycles. The summed E-state index contributed by atoms with van der Waals surface area (Å²) in [7, 11) is 0. The minimum atomic E-state index is -0.163. The zero-order chi connectivity index (χ0) is 10.8. The van der Waals surface area contributed by atoms with Gasteiger partial charge in [0.1, 0.15) is 0 Å². The van der Waals surface area contributed by atoms with Gasteiger partial charge in [-0.2, -0.15) is 5.16 Å². The fraction of sp³-hybridized carbons (Fsp3) is 0.273. The Morgan fingerprint density at radius 1 is 1.47 bits per heavy atom. The number of hydrogen-bond donors (Lipinski definition) is 1. The fourth-order valence-electron chi connectivity index (χ4n) is 1.55. The van der Waals surface area contributed by atoms with Crippen LogP contribution < -0.4 is 5.56 Å². The second-order valence-corrected chi connectivity index (χ2v) is 3.67. The summed E-state index contributed by atoms with van der Waals surface area (Å²) in [6.07, 6.45) is 3.36. The molecule has 0 aliphatic rings. The van der Waals surface area contributed by atoms with E-state index in [1.807, 2.05) is 26.0 Å². The third-order valence-electron chi connectivity index (χ3n) is 2.24. The third-order valence-corrected chi connectivity index (χ3v) is 2.24. The lowest BCUT2D eigenvalue weighted by molar-refractivity contribution is 0.425. The van der Waals surface area contributed by atoms with Crippen molar-refractivity contribution < 1.29 is 4.52 Å². The van der Waals surface area contributed by atoms with Crippen molar-refractivity contribution >= 4 is 0 Å². The monoisotopic (exact) mass is 204 g/mol. The molecule has 0 aliphatic carbocycles. The maximum atomic E-state index is 11.5. The number of aromatic nitrogens is 2. The summed E-state index contributed by atoms with van der Waals surface area (Å²) in [5.74, 6) is 0.714. The molecule has 2 aromatic rings. The minimum absolute atomic E-state index is 0.128. The van der Waals surface area contributed by atoms with Gasteiger partial charge in [-0.1, -0.05) is 13.8 Å². The van der Waals surface area contributed by atoms with Gasteiger partial charge in [-0.15, -0.1) is 0 Å². The zero-order valence-corrected chi connectivity index (χ0v) is 8.65. The Morgan fingerprint density at radius 2 is 2.27 bits per heavy atom. The topological polar surface area (TPSA) is 58.9 Å². The van der Waals surface area contributed by atoms with Crippen molar-refractivity contribution in [1.29, 1.82) is 0 Å². The molecule has 0 unspecified atom stereocenters. The third kappa shape index (κ3) is 1.70. The van der Waals surface area contributed by atoms with Gasteiger partial charge in [0.25, 0.3) is 5.56 Å². The number of nitrogens with one attached hydrogen (secondary N) is 1. The molecule has 0 amide bonds. The number of pyridine rings is 1. The van der Waals surface area contributed by atoms with Crippen molar-refractivity contribution in [2.75, 3.05) is 0 Å². The molecule has 0 aromatic carbocycles. The van der Waals surface area contributed by atoms with E-state index < -0.39 is 0 Å². The van der Waals surface area contributed by atoms with E-state index in [0.29, 0.717) is 11.3 Å². The summed E-state index contributed by atoms with van der Waals surface area (Å²) in [6.45, 7) is 3.92. The molecule has 0 saturated heterocycles. The Morgan fingerprint density at radius 3 is 2.87 bits per heavy atom. The molecule has 1 N–H and O–H groups in total. The Labute approximate surface area is 86.9 Å². The van der Waals surface area contributed by atoms with Gasteiger partial charge in [-0.25, -0.2) is 0 Å². The second kappa shape index (κ2) is 3.73. The molecule has 2 rings (SSSR count). The van der Waals surface area contributed by atoms with Crippen LogP contribution in [0.15, 0.2) is 33.8 Å². The van der Waals surface area contributed by atoms with Crippen LogP contribution in [0.1, 0.15) is 25.3 Å². The predicted molar refractivity (Wildman–Crippen MR) is 56.6 cm³/mol. The molecule has 2 aromatic heterocycles. The standard InChI is InChI=1S/C11H12N2O2/c1-7(2)9-10(15-13-11(9)14)8-4-3-5-12-6-8/h3-7H,1-2H3,(H,13,14). The smallest absolute Gasteiger partial charge is 0.283 e. The van der Waals surface area contributed by atoms with Crippen LogP contribution >= 0.6 is 0 Å². The Kier molecular flexibility index (Phi) is 2.41. The fourth-order valence-corrected chi connectivity index (χ4v) is 1.55. The van der Waals surface area contributed by atoms with E-state index in [1.54, 1.807) is 12.4 Å². The van der Waals surface area contributed by atoms with E-state index in [2.05, 4.69) is 10.1 Å². The second-order valence-electron chi connectivity index (χ2n) is 3.67. The highest BCUT2D eigenvalue weighted by molar-refractivity contribution is 5.59. The molecule has 0 saturated carbocycles. The van der Waals surface area contributed by atoms with E-state index >= 15 is 0 Å². The molecule has 4 heteroatoms. The number of rotatable bonds is 2. The van der Waals surface area contributed by atoms with Crippen LogP contribution in [0.2, 0.25) is 0 Å². The molecular weight excluding hydrogens is 192 g/mol. The van der Waals surface area contributed by atoms with Crippen LogP contribution in [0, 0.1) is 0 Å². The molecule has 0 bridgehead atoms. The van der Waals surface area contributed by atoms with Crippen LogP contribution in [0.5, 0.6) is 0 Å². The molecule has 0 fully saturated rings. The van der Waals surface area contributed by atoms with E-state index in [1.165, 1.54) is 0 Å². The summed E-state index contributed by atoms with van der Waals surface area (Å²) in [5, 5.41) is 2.36. The van der Waals surface area contributed by atoms with Crippen LogP contribution in [-0.2, 0) is 0 Å². The van der Waals surface area contributed by atoms with Gasteiger partial charge in [0.15, 0.2) is 5.76 Å². The number of H-pyrrole nitrogens is 1. The summed E-state index contributed by atoms with van der Waals surface area (Å²) in [4.78, 5) is 15.5. The van der Waals surface area contributed by atoms with Crippen LogP contribution in [-0.4, -0.2) is 10.1 Å². The largest absolute Gasteiger partial charge is 0.378 e. The van der Waals surface area contributed by atoms with Crippen molar-refractivity contribution in [3.63, 3.8) is 0 Å². The molecule has 2 heterocycles. The molecule has 0 radical (unpaired) electrons. The first-order valence-corrected chi connectivity index (χ1v) is 4.82. The molecule has 15 heavy (non-hydrogen) atoms. The van der Waals surface area contributed by atoms with Crippen molar-refractivity contribution in [2.24, 2.45) is 0 Å². The summed E-state index contributed by atoms with van der Waals surface area (Å²) in [5.41, 5.74) is 1.33. The van der Waals surface area contributed by atoms with Crippen LogP contribution in [0.3, 0.4) is 0 Å². The highest BCUT2D eigenvalue weighted by atomic mass is 16.5. The van der Waals surface area contributed by atoms with Gasteiger partial charge in [-0.05, 0) is 18.1 Å². The first-order valence-electron chi connectivity index (χ1n) is 4.82. The molecule has 4 nitrogen and oxygen atoms in total. The zero-order valence-electron chi connectivity index (χ0n) is 8.65. The maximum absolute atomic E-state index is 11.5. The van der Waals surface area contributed by atoms with Crippen molar-refractivity contribution in [1.82, 2.24) is 10.1 Å². The quantitative estimate of drug-likeness (QED) is 0.815. The summed E-state index contributed by atoms with van der Waals surface area (Å²) < 4.78 is 5.17. The predicted octanol–water partition coefficient (Wildman–Crippen LogP) is 2.15. The van der Waals surface area contributed by atoms with Crippen LogP contribution in [0.25, 0.3) is 11.3 Å². The molecule has 78 valence electrons. The van der Waals surface area contributed by atoms with Crippen molar-refractivity contribution in [3.8, 4) is 11.3 Å². The first-order chi connectivity index (χ1) is 7.20. The normalized spacial score (nSPS) is 10.9. The maximum Gasteiger partial charge on any atom is 0.283 e. The first kappa shape index (κ1) is 9.71.